The summed E-state index contributed by atoms with van der Waals surface area (Å²) in [6.07, 6.45) is 11.8. The van der Waals surface area contributed by atoms with Gasteiger partial charge in [0.25, 0.3) is 0 Å². The van der Waals surface area contributed by atoms with Crippen LogP contribution in [0.25, 0.3) is 10.9 Å². The largest absolute Gasteiger partial charge is 0.358 e. The third kappa shape index (κ3) is 4.24. The van der Waals surface area contributed by atoms with Crippen molar-refractivity contribution in [3.8, 4) is 0 Å². The molecule has 1 aliphatic heterocycles. The molecule has 2 aromatic rings. The number of H-pyrrole nitrogens is 1. The number of aryl methyl sites for hydroxylation is 1. The lowest BCUT2D eigenvalue weighted by molar-refractivity contribution is -0.153. The molecule has 41 heavy (non-hydrogen) atoms. The van der Waals surface area contributed by atoms with Crippen molar-refractivity contribution >= 4 is 34.5 Å². The molecule has 6 heteroatoms. The highest BCUT2D eigenvalue weighted by atomic mass is 32.2. The Morgan fingerprint density at radius 1 is 1.00 bits per heavy atom. The maximum absolute atomic E-state index is 14.6. The molecule has 0 unspecified atom stereocenters. The standard InChI is InChI=1S/C35H47N3O2S/c1-21-30(26-6-4-5-7-28(26)36-21)31-27(33(31,2)3)17-29(39)38(25-8-9-25)35(10-12-41-13-11-35)32(40)37-34-18-22-14-23(19-34)16-24(15-22)20-34/h4-7,22-25,27,31,36H,8-20H2,1-3H3,(H,37,40)/t22?,23?,24?,27-,31+,34?/m0/s1. The molecular weight excluding hydrogens is 526 g/mol. The van der Waals surface area contributed by atoms with Gasteiger partial charge in [-0.1, -0.05) is 32.0 Å². The molecule has 7 fully saturated rings. The summed E-state index contributed by atoms with van der Waals surface area (Å²) in [5.41, 5.74) is 3.19. The van der Waals surface area contributed by atoms with E-state index in [-0.39, 0.29) is 28.8 Å². The number of hydrogen-bond acceptors (Lipinski definition) is 3. The average Bonchev–Trinajstić information content (AvgIpc) is 3.80. The van der Waals surface area contributed by atoms with Crippen molar-refractivity contribution in [1.29, 1.82) is 0 Å². The number of para-hydroxylation sites is 1. The molecule has 7 aliphatic rings. The Bertz CT molecular complexity index is 1350. The Morgan fingerprint density at radius 3 is 2.27 bits per heavy atom. The second-order valence-corrected chi connectivity index (χ2v) is 16.8. The van der Waals surface area contributed by atoms with Gasteiger partial charge in [0.05, 0.1) is 0 Å². The SMILES string of the molecule is Cc1[nH]c2ccccc2c1[C@H]1[C@H](CC(=O)N(C2CC2)C2(C(=O)NC34CC5CC(CC(C5)C3)C4)CCSCC2)C1(C)C. The van der Waals surface area contributed by atoms with Crippen molar-refractivity contribution in [3.63, 3.8) is 0 Å². The molecule has 0 spiro atoms. The van der Waals surface area contributed by atoms with Crippen LogP contribution in [0.1, 0.15) is 102 Å². The summed E-state index contributed by atoms with van der Waals surface area (Å²) in [5, 5.41) is 5.05. The Morgan fingerprint density at radius 2 is 1.63 bits per heavy atom. The van der Waals surface area contributed by atoms with Crippen LogP contribution in [0, 0.1) is 36.0 Å². The van der Waals surface area contributed by atoms with Crippen molar-refractivity contribution < 1.29 is 9.59 Å². The van der Waals surface area contributed by atoms with Gasteiger partial charge in [0, 0.05) is 34.6 Å². The molecule has 0 radical (unpaired) electrons. The Labute approximate surface area is 249 Å². The molecule has 2 amide bonds. The quantitative estimate of drug-likeness (QED) is 0.377. The predicted molar refractivity (Wildman–Crippen MR) is 166 cm³/mol. The van der Waals surface area contributed by atoms with Crippen molar-refractivity contribution in [2.45, 2.75) is 114 Å². The van der Waals surface area contributed by atoms with Crippen molar-refractivity contribution in [2.24, 2.45) is 29.1 Å². The van der Waals surface area contributed by atoms with Gasteiger partial charge >= 0.3 is 0 Å². The van der Waals surface area contributed by atoms with E-state index < -0.39 is 5.54 Å². The molecule has 1 aromatic heterocycles. The lowest BCUT2D eigenvalue weighted by atomic mass is 9.53. The Kier molecular flexibility index (Phi) is 6.03. The number of carbonyl (C=O) groups is 2. The van der Waals surface area contributed by atoms with Crippen LogP contribution in [0.4, 0.5) is 0 Å². The molecule has 1 saturated heterocycles. The molecule has 1 aromatic carbocycles. The summed E-state index contributed by atoms with van der Waals surface area (Å²) >= 11 is 1.95. The number of nitrogens with one attached hydrogen (secondary N) is 2. The van der Waals surface area contributed by atoms with Gasteiger partial charge in [-0.15, -0.1) is 0 Å². The number of nitrogens with zero attached hydrogens (tertiary/aromatic N) is 1. The molecule has 6 aliphatic carbocycles. The van der Waals surface area contributed by atoms with Crippen molar-refractivity contribution in [3.05, 3.63) is 35.5 Å². The van der Waals surface area contributed by atoms with E-state index >= 15 is 0 Å². The third-order valence-electron chi connectivity index (χ3n) is 12.5. The van der Waals surface area contributed by atoms with Crippen molar-refractivity contribution in [2.75, 3.05) is 11.5 Å². The van der Waals surface area contributed by atoms with Crippen LogP contribution < -0.4 is 5.32 Å². The number of aromatic nitrogens is 1. The molecular formula is C35H47N3O2S. The molecule has 9 rings (SSSR count). The number of rotatable bonds is 7. The Hall–Kier alpha value is -1.95. The molecule has 6 saturated carbocycles. The van der Waals surface area contributed by atoms with E-state index in [1.807, 2.05) is 11.8 Å². The van der Waals surface area contributed by atoms with Gasteiger partial charge in [0.1, 0.15) is 5.54 Å². The summed E-state index contributed by atoms with van der Waals surface area (Å²) in [5.74, 6) is 5.41. The third-order valence-corrected chi connectivity index (χ3v) is 13.5. The van der Waals surface area contributed by atoms with Gasteiger partial charge in [-0.05, 0) is 129 Å². The van der Waals surface area contributed by atoms with Crippen LogP contribution in [0.2, 0.25) is 0 Å². The zero-order chi connectivity index (χ0) is 28.1. The summed E-state index contributed by atoms with van der Waals surface area (Å²) in [6, 6.07) is 8.83. The first-order chi connectivity index (χ1) is 19.7. The highest BCUT2D eigenvalue weighted by Gasteiger charge is 2.62. The predicted octanol–water partition coefficient (Wildman–Crippen LogP) is 6.95. The number of fused-ring (bicyclic) bond motifs is 1. The zero-order valence-corrected chi connectivity index (χ0v) is 26.0. The second kappa shape index (κ2) is 9.27. The van der Waals surface area contributed by atoms with Gasteiger partial charge in [-0.3, -0.25) is 9.59 Å². The fourth-order valence-corrected chi connectivity index (χ4v) is 11.9. The van der Waals surface area contributed by atoms with E-state index in [9.17, 15) is 9.59 Å². The number of benzene rings is 1. The maximum Gasteiger partial charge on any atom is 0.246 e. The van der Waals surface area contributed by atoms with Gasteiger partial charge in [-0.2, -0.15) is 11.8 Å². The molecule has 5 nitrogen and oxygen atoms in total. The summed E-state index contributed by atoms with van der Waals surface area (Å²) in [7, 11) is 0. The number of hydrogen-bond donors (Lipinski definition) is 2. The minimum Gasteiger partial charge on any atom is -0.358 e. The van der Waals surface area contributed by atoms with E-state index in [4.69, 9.17) is 0 Å². The zero-order valence-electron chi connectivity index (χ0n) is 25.1. The number of amides is 2. The van der Waals surface area contributed by atoms with Gasteiger partial charge in [0.15, 0.2) is 0 Å². The lowest BCUT2D eigenvalue weighted by Gasteiger charge is -2.58. The minimum absolute atomic E-state index is 0.0157. The highest BCUT2D eigenvalue weighted by Crippen LogP contribution is 2.67. The minimum atomic E-state index is -0.669. The Balaban J connectivity index is 1.07. The average molecular weight is 574 g/mol. The molecule has 2 atom stereocenters. The number of carbonyl (C=O) groups excluding carboxylic acids is 2. The van der Waals surface area contributed by atoms with Crippen molar-refractivity contribution in [1.82, 2.24) is 15.2 Å². The summed E-state index contributed by atoms with van der Waals surface area (Å²) in [6.45, 7) is 6.86. The maximum atomic E-state index is 14.6. The fourth-order valence-electron chi connectivity index (χ4n) is 10.7. The number of thioether (sulfide) groups is 1. The summed E-state index contributed by atoms with van der Waals surface area (Å²) < 4.78 is 0. The number of aromatic amines is 1. The molecule has 4 bridgehead atoms. The van der Waals surface area contributed by atoms with E-state index in [1.165, 1.54) is 41.4 Å². The van der Waals surface area contributed by atoms with Crippen LogP contribution >= 0.6 is 11.8 Å². The molecule has 220 valence electrons. The first-order valence-electron chi connectivity index (χ1n) is 16.5. The monoisotopic (exact) mass is 573 g/mol. The van der Waals surface area contributed by atoms with Crippen LogP contribution in [-0.4, -0.2) is 50.3 Å². The fraction of sp³-hybridized carbons (Fsp3) is 0.714. The van der Waals surface area contributed by atoms with Gasteiger partial charge < -0.3 is 15.2 Å². The first kappa shape index (κ1) is 26.7. The first-order valence-corrected chi connectivity index (χ1v) is 17.6. The van der Waals surface area contributed by atoms with E-state index in [0.717, 1.165) is 74.2 Å². The highest BCUT2D eigenvalue weighted by molar-refractivity contribution is 7.99. The van der Waals surface area contributed by atoms with Crippen LogP contribution in [-0.2, 0) is 9.59 Å². The van der Waals surface area contributed by atoms with E-state index in [1.54, 1.807) is 0 Å². The van der Waals surface area contributed by atoms with Gasteiger partial charge in [0.2, 0.25) is 11.8 Å². The van der Waals surface area contributed by atoms with E-state index in [2.05, 4.69) is 60.2 Å². The topological polar surface area (TPSA) is 65.2 Å². The van der Waals surface area contributed by atoms with Crippen LogP contribution in [0.5, 0.6) is 0 Å². The normalized spacial score (nSPS) is 36.3. The molecule has 2 heterocycles. The van der Waals surface area contributed by atoms with Crippen LogP contribution in [0.3, 0.4) is 0 Å². The lowest BCUT2D eigenvalue weighted by Crippen LogP contribution is -2.68. The summed E-state index contributed by atoms with van der Waals surface area (Å²) in [4.78, 5) is 34.9. The second-order valence-electron chi connectivity index (χ2n) is 15.6. The van der Waals surface area contributed by atoms with Gasteiger partial charge in [-0.25, -0.2) is 0 Å². The smallest absolute Gasteiger partial charge is 0.246 e. The molecule has 2 N–H and O–H groups in total. The van der Waals surface area contributed by atoms with Crippen LogP contribution in [0.15, 0.2) is 24.3 Å². The van der Waals surface area contributed by atoms with E-state index in [0.29, 0.717) is 18.3 Å².